The number of sulfonamides is 1. The Morgan fingerprint density at radius 1 is 1.33 bits per heavy atom. The molecule has 1 saturated carbocycles. The largest absolute Gasteiger partial charge is 0.375 e. The molecule has 1 saturated heterocycles. The molecule has 2 aliphatic rings. The molecule has 2 unspecified atom stereocenters. The lowest BCUT2D eigenvalue weighted by molar-refractivity contribution is -0.0585. The summed E-state index contributed by atoms with van der Waals surface area (Å²) >= 11 is 1.29. The molecule has 2 heterocycles. The van der Waals surface area contributed by atoms with Gasteiger partial charge in [-0.05, 0) is 24.3 Å². The minimum absolute atomic E-state index is 0.0413. The summed E-state index contributed by atoms with van der Waals surface area (Å²) < 4.78 is 33.0. The summed E-state index contributed by atoms with van der Waals surface area (Å²) in [4.78, 5) is 0. The van der Waals surface area contributed by atoms with Crippen LogP contribution in [0, 0.1) is 0 Å². The second kappa shape index (κ2) is 4.92. The Bertz CT molecular complexity index is 495. The number of hydrogen-bond donors (Lipinski definition) is 0. The SMILES string of the molecule is O=S(=O)(c1cccs1)N1CCOC2CCCCC21. The van der Waals surface area contributed by atoms with E-state index in [4.69, 9.17) is 4.74 Å². The second-order valence-electron chi connectivity index (χ2n) is 4.81. The monoisotopic (exact) mass is 287 g/mol. The Hall–Kier alpha value is -0.430. The van der Waals surface area contributed by atoms with Crippen molar-refractivity contribution in [3.8, 4) is 0 Å². The highest BCUT2D eigenvalue weighted by molar-refractivity contribution is 7.91. The third-order valence-electron chi connectivity index (χ3n) is 3.74. The van der Waals surface area contributed by atoms with Crippen LogP contribution in [0.25, 0.3) is 0 Å². The molecule has 2 atom stereocenters. The zero-order valence-corrected chi connectivity index (χ0v) is 11.8. The van der Waals surface area contributed by atoms with Gasteiger partial charge in [0, 0.05) is 6.54 Å². The molecular weight excluding hydrogens is 270 g/mol. The molecule has 0 N–H and O–H groups in total. The van der Waals surface area contributed by atoms with Gasteiger partial charge in [-0.1, -0.05) is 18.9 Å². The third kappa shape index (κ3) is 2.11. The minimum atomic E-state index is -3.32. The Morgan fingerprint density at radius 2 is 2.17 bits per heavy atom. The van der Waals surface area contributed by atoms with Crippen molar-refractivity contribution in [1.29, 1.82) is 0 Å². The van der Waals surface area contributed by atoms with Gasteiger partial charge in [0.2, 0.25) is 0 Å². The van der Waals surface area contributed by atoms with E-state index in [1.807, 2.05) is 5.38 Å². The Morgan fingerprint density at radius 3 is 2.94 bits per heavy atom. The molecule has 2 fully saturated rings. The lowest BCUT2D eigenvalue weighted by Crippen LogP contribution is -2.54. The zero-order chi connectivity index (χ0) is 12.6. The maximum atomic E-state index is 12.6. The van der Waals surface area contributed by atoms with Gasteiger partial charge in [-0.25, -0.2) is 8.42 Å². The van der Waals surface area contributed by atoms with Crippen LogP contribution >= 0.6 is 11.3 Å². The average Bonchev–Trinajstić information content (AvgIpc) is 2.92. The number of thiophene rings is 1. The van der Waals surface area contributed by atoms with Crippen LogP contribution in [0.1, 0.15) is 25.7 Å². The van der Waals surface area contributed by atoms with Crippen molar-refractivity contribution in [2.75, 3.05) is 13.2 Å². The summed E-state index contributed by atoms with van der Waals surface area (Å²) in [6, 6.07) is 3.52. The molecule has 6 heteroatoms. The van der Waals surface area contributed by atoms with Crippen LogP contribution in [-0.2, 0) is 14.8 Å². The van der Waals surface area contributed by atoms with E-state index < -0.39 is 10.0 Å². The summed E-state index contributed by atoms with van der Waals surface area (Å²) in [6.07, 6.45) is 4.26. The van der Waals surface area contributed by atoms with Crippen LogP contribution in [0.2, 0.25) is 0 Å². The Kier molecular flexibility index (Phi) is 3.44. The van der Waals surface area contributed by atoms with Crippen LogP contribution in [0.5, 0.6) is 0 Å². The Balaban J connectivity index is 1.90. The fraction of sp³-hybridized carbons (Fsp3) is 0.667. The van der Waals surface area contributed by atoms with E-state index in [1.54, 1.807) is 16.4 Å². The lowest BCUT2D eigenvalue weighted by atomic mass is 9.91. The van der Waals surface area contributed by atoms with Gasteiger partial charge in [0.25, 0.3) is 10.0 Å². The lowest BCUT2D eigenvalue weighted by Gasteiger charge is -2.42. The average molecular weight is 287 g/mol. The first kappa shape index (κ1) is 12.6. The molecule has 3 rings (SSSR count). The molecule has 1 aromatic rings. The van der Waals surface area contributed by atoms with E-state index in [1.165, 1.54) is 11.3 Å². The van der Waals surface area contributed by atoms with Gasteiger partial charge >= 0.3 is 0 Å². The first-order valence-electron chi connectivity index (χ1n) is 6.36. The van der Waals surface area contributed by atoms with Crippen LogP contribution in [0.4, 0.5) is 0 Å². The normalized spacial score (nSPS) is 30.0. The molecule has 0 bridgehead atoms. The molecule has 0 radical (unpaired) electrons. The molecule has 100 valence electrons. The van der Waals surface area contributed by atoms with Crippen LogP contribution in [0.3, 0.4) is 0 Å². The smallest absolute Gasteiger partial charge is 0.252 e. The minimum Gasteiger partial charge on any atom is -0.375 e. The van der Waals surface area contributed by atoms with Gasteiger partial charge in [0.15, 0.2) is 0 Å². The third-order valence-corrected chi connectivity index (χ3v) is 7.04. The standard InChI is InChI=1S/C12H17NO3S2/c14-18(15,12-6-3-9-17-12)13-7-8-16-11-5-2-1-4-10(11)13/h3,6,9-11H,1-2,4-5,7-8H2. The summed E-state index contributed by atoms with van der Waals surface area (Å²) in [6.45, 7) is 1.01. The maximum absolute atomic E-state index is 12.6. The molecule has 1 aromatic heterocycles. The van der Waals surface area contributed by atoms with E-state index in [9.17, 15) is 8.42 Å². The van der Waals surface area contributed by atoms with Gasteiger partial charge in [-0.3, -0.25) is 0 Å². The van der Waals surface area contributed by atoms with Crippen LogP contribution in [0.15, 0.2) is 21.7 Å². The van der Waals surface area contributed by atoms with Gasteiger partial charge in [-0.2, -0.15) is 4.31 Å². The van der Waals surface area contributed by atoms with Crippen LogP contribution in [-0.4, -0.2) is 38.0 Å². The molecule has 18 heavy (non-hydrogen) atoms. The predicted octanol–water partition coefficient (Wildman–Crippen LogP) is 2.08. The molecule has 4 nitrogen and oxygen atoms in total. The fourth-order valence-corrected chi connectivity index (χ4v) is 5.67. The van der Waals surface area contributed by atoms with Crippen molar-refractivity contribution < 1.29 is 13.2 Å². The quantitative estimate of drug-likeness (QED) is 0.836. The molecule has 0 aromatic carbocycles. The van der Waals surface area contributed by atoms with E-state index in [2.05, 4.69) is 0 Å². The maximum Gasteiger partial charge on any atom is 0.252 e. The highest BCUT2D eigenvalue weighted by Crippen LogP contribution is 2.33. The number of hydrogen-bond acceptors (Lipinski definition) is 4. The summed E-state index contributed by atoms with van der Waals surface area (Å²) in [5.74, 6) is 0. The van der Waals surface area contributed by atoms with Crippen molar-refractivity contribution in [3.63, 3.8) is 0 Å². The van der Waals surface area contributed by atoms with Crippen molar-refractivity contribution >= 4 is 21.4 Å². The number of rotatable bonds is 2. The summed E-state index contributed by atoms with van der Waals surface area (Å²) in [7, 11) is -3.32. The molecule has 0 amide bonds. The topological polar surface area (TPSA) is 46.6 Å². The van der Waals surface area contributed by atoms with Crippen molar-refractivity contribution in [1.82, 2.24) is 4.31 Å². The summed E-state index contributed by atoms with van der Waals surface area (Å²) in [5, 5.41) is 1.81. The van der Waals surface area contributed by atoms with Gasteiger partial charge in [0.05, 0.1) is 18.8 Å². The predicted molar refractivity (Wildman–Crippen MR) is 70.2 cm³/mol. The first-order valence-corrected chi connectivity index (χ1v) is 8.68. The number of fused-ring (bicyclic) bond motifs is 1. The molecular formula is C12H17NO3S2. The van der Waals surface area contributed by atoms with Crippen molar-refractivity contribution in [2.24, 2.45) is 0 Å². The number of morpholine rings is 1. The van der Waals surface area contributed by atoms with Gasteiger partial charge in [0.1, 0.15) is 4.21 Å². The highest BCUT2D eigenvalue weighted by atomic mass is 32.2. The molecule has 1 aliphatic carbocycles. The van der Waals surface area contributed by atoms with Crippen molar-refractivity contribution in [2.45, 2.75) is 42.0 Å². The van der Waals surface area contributed by atoms with E-state index >= 15 is 0 Å². The van der Waals surface area contributed by atoms with Crippen LogP contribution < -0.4 is 0 Å². The number of nitrogens with zero attached hydrogens (tertiary/aromatic N) is 1. The van der Waals surface area contributed by atoms with E-state index in [0.29, 0.717) is 17.4 Å². The second-order valence-corrected chi connectivity index (χ2v) is 7.87. The molecule has 1 aliphatic heterocycles. The fourth-order valence-electron chi connectivity index (χ4n) is 2.89. The first-order chi connectivity index (χ1) is 8.69. The van der Waals surface area contributed by atoms with E-state index in [-0.39, 0.29) is 12.1 Å². The van der Waals surface area contributed by atoms with Gasteiger partial charge < -0.3 is 4.74 Å². The van der Waals surface area contributed by atoms with E-state index in [0.717, 1.165) is 25.7 Å². The zero-order valence-electron chi connectivity index (χ0n) is 10.1. The summed E-state index contributed by atoms with van der Waals surface area (Å²) in [5.41, 5.74) is 0. The highest BCUT2D eigenvalue weighted by Gasteiger charge is 2.41. The number of ether oxygens (including phenoxy) is 1. The molecule has 0 spiro atoms. The van der Waals surface area contributed by atoms with Gasteiger partial charge in [-0.15, -0.1) is 11.3 Å². The van der Waals surface area contributed by atoms with Crippen molar-refractivity contribution in [3.05, 3.63) is 17.5 Å². The Labute approximate surface area is 112 Å².